The van der Waals surface area contributed by atoms with Crippen molar-refractivity contribution in [1.29, 1.82) is 0 Å². The Morgan fingerprint density at radius 2 is 1.77 bits per heavy atom. The molecule has 10 nitrogen and oxygen atoms in total. The predicted molar refractivity (Wildman–Crippen MR) is 148 cm³/mol. The van der Waals surface area contributed by atoms with Crippen LogP contribution in [0.15, 0.2) is 67.0 Å². The van der Waals surface area contributed by atoms with Gasteiger partial charge in [0.1, 0.15) is 0 Å². The van der Waals surface area contributed by atoms with E-state index >= 15 is 0 Å². The van der Waals surface area contributed by atoms with E-state index in [0.717, 1.165) is 55.4 Å². The second-order valence-electron chi connectivity index (χ2n) is 9.80. The molecule has 5 rings (SSSR count). The molecule has 1 aromatic heterocycles. The van der Waals surface area contributed by atoms with Gasteiger partial charge in [-0.15, -0.1) is 0 Å². The number of urea groups is 1. The zero-order valence-electron chi connectivity index (χ0n) is 22.2. The number of carbonyl (C=O) groups excluding carboxylic acids is 1. The highest BCUT2D eigenvalue weighted by molar-refractivity contribution is 5.89. The average Bonchev–Trinajstić information content (AvgIpc) is 2.98. The Morgan fingerprint density at radius 3 is 2.49 bits per heavy atom. The number of carbonyl (C=O) groups is 1. The van der Waals surface area contributed by atoms with Crippen molar-refractivity contribution in [2.24, 2.45) is 0 Å². The molecule has 39 heavy (non-hydrogen) atoms. The van der Waals surface area contributed by atoms with Gasteiger partial charge in [0.25, 0.3) is 0 Å². The molecule has 2 saturated heterocycles. The zero-order chi connectivity index (χ0) is 27.0. The van der Waals surface area contributed by atoms with E-state index in [2.05, 4.69) is 30.4 Å². The molecule has 1 unspecified atom stereocenters. The van der Waals surface area contributed by atoms with Crippen molar-refractivity contribution < 1.29 is 19.4 Å². The van der Waals surface area contributed by atoms with Gasteiger partial charge in [-0.2, -0.15) is 0 Å². The van der Waals surface area contributed by atoms with Gasteiger partial charge in [0.15, 0.2) is 6.29 Å². The van der Waals surface area contributed by atoms with Gasteiger partial charge in [0, 0.05) is 69.3 Å². The van der Waals surface area contributed by atoms with Crippen molar-refractivity contribution in [3.05, 3.63) is 83.7 Å². The first-order valence-electron chi connectivity index (χ1n) is 13.5. The maximum atomic E-state index is 12.1. The molecule has 206 valence electrons. The van der Waals surface area contributed by atoms with Crippen molar-refractivity contribution >= 4 is 17.7 Å². The molecule has 3 heterocycles. The summed E-state index contributed by atoms with van der Waals surface area (Å²) < 4.78 is 13.0. The van der Waals surface area contributed by atoms with Crippen molar-refractivity contribution in [3.8, 4) is 0 Å². The molecule has 3 N–H and O–H groups in total. The first kappa shape index (κ1) is 27.0. The fourth-order valence-corrected chi connectivity index (χ4v) is 5.00. The standard InChI is InChI=1S/C29H36N6O4/c1-2-30-29(37)33-24-6-3-5-23(17-24)27-38-25(18-26(39-27)22-9-7-21(20-36)8-10-22)19-34-13-15-35(16-14-34)28-31-11-4-12-32-28/h3-12,17,25-27,36H,2,13-16,18-20H2,1H3,(H2,30,33,37)/t25-,26+,27?/m0/s1. The van der Waals surface area contributed by atoms with Gasteiger partial charge in [-0.3, -0.25) is 4.90 Å². The van der Waals surface area contributed by atoms with E-state index in [1.54, 1.807) is 12.4 Å². The van der Waals surface area contributed by atoms with Gasteiger partial charge in [-0.05, 0) is 36.2 Å². The number of anilines is 2. The summed E-state index contributed by atoms with van der Waals surface area (Å²) in [4.78, 5) is 25.5. The Balaban J connectivity index is 1.29. The number of benzene rings is 2. The number of aromatic nitrogens is 2. The number of ether oxygens (including phenoxy) is 2. The first-order valence-corrected chi connectivity index (χ1v) is 13.5. The second-order valence-corrected chi connectivity index (χ2v) is 9.80. The summed E-state index contributed by atoms with van der Waals surface area (Å²) in [6, 6.07) is 17.1. The highest BCUT2D eigenvalue weighted by atomic mass is 16.7. The number of hydrogen-bond acceptors (Lipinski definition) is 8. The number of aliphatic hydroxyl groups excluding tert-OH is 1. The molecule has 2 aliphatic heterocycles. The van der Waals surface area contributed by atoms with Gasteiger partial charge in [-0.25, -0.2) is 14.8 Å². The van der Waals surface area contributed by atoms with E-state index in [1.807, 2.05) is 61.5 Å². The summed E-state index contributed by atoms with van der Waals surface area (Å²) in [6.45, 7) is 6.72. The van der Waals surface area contributed by atoms with Gasteiger partial charge < -0.3 is 30.1 Å². The lowest BCUT2D eigenvalue weighted by atomic mass is 9.99. The number of piperazine rings is 1. The molecule has 2 aromatic carbocycles. The minimum atomic E-state index is -0.582. The highest BCUT2D eigenvalue weighted by Gasteiger charge is 2.34. The van der Waals surface area contributed by atoms with Crippen LogP contribution >= 0.6 is 0 Å². The number of nitrogens with zero attached hydrogens (tertiary/aromatic N) is 4. The van der Waals surface area contributed by atoms with Crippen LogP contribution in [-0.4, -0.2) is 71.4 Å². The van der Waals surface area contributed by atoms with Crippen LogP contribution in [0.5, 0.6) is 0 Å². The monoisotopic (exact) mass is 532 g/mol. The fourth-order valence-electron chi connectivity index (χ4n) is 5.00. The molecule has 0 bridgehead atoms. The van der Waals surface area contributed by atoms with Gasteiger partial charge in [0.05, 0.1) is 18.8 Å². The SMILES string of the molecule is CCNC(=O)Nc1cccc(C2O[C@H](CN3CCN(c4ncccn4)CC3)C[C@H](c3ccc(CO)cc3)O2)c1. The smallest absolute Gasteiger partial charge is 0.319 e. The van der Waals surface area contributed by atoms with E-state index in [4.69, 9.17) is 9.47 Å². The van der Waals surface area contributed by atoms with Crippen molar-refractivity contribution in [2.45, 2.75) is 38.4 Å². The molecule has 2 fully saturated rings. The van der Waals surface area contributed by atoms with Crippen LogP contribution in [0.25, 0.3) is 0 Å². The van der Waals surface area contributed by atoms with Crippen LogP contribution in [0, 0.1) is 0 Å². The van der Waals surface area contributed by atoms with Crippen LogP contribution in [-0.2, 0) is 16.1 Å². The molecule has 2 amide bonds. The Bertz CT molecular complexity index is 1200. The van der Waals surface area contributed by atoms with Crippen LogP contribution in [0.2, 0.25) is 0 Å². The Hall–Kier alpha value is -3.57. The summed E-state index contributed by atoms with van der Waals surface area (Å²) >= 11 is 0. The molecule has 0 spiro atoms. The number of amides is 2. The summed E-state index contributed by atoms with van der Waals surface area (Å²) in [5, 5.41) is 15.1. The topological polar surface area (TPSA) is 112 Å². The van der Waals surface area contributed by atoms with Crippen LogP contribution in [0.4, 0.5) is 16.4 Å². The summed E-state index contributed by atoms with van der Waals surface area (Å²) in [5.41, 5.74) is 3.43. The average molecular weight is 533 g/mol. The number of aliphatic hydroxyl groups is 1. The highest BCUT2D eigenvalue weighted by Crippen LogP contribution is 2.38. The van der Waals surface area contributed by atoms with Crippen LogP contribution in [0.3, 0.4) is 0 Å². The normalized spacial score (nSPS) is 21.9. The minimum Gasteiger partial charge on any atom is -0.392 e. The van der Waals surface area contributed by atoms with Gasteiger partial charge >= 0.3 is 6.03 Å². The number of rotatable bonds is 8. The maximum Gasteiger partial charge on any atom is 0.319 e. The molecule has 0 radical (unpaired) electrons. The third-order valence-electron chi connectivity index (χ3n) is 7.04. The summed E-state index contributed by atoms with van der Waals surface area (Å²) in [7, 11) is 0. The lowest BCUT2D eigenvalue weighted by Crippen LogP contribution is -2.50. The van der Waals surface area contributed by atoms with Crippen molar-refractivity contribution in [1.82, 2.24) is 20.2 Å². The summed E-state index contributed by atoms with van der Waals surface area (Å²) in [5.74, 6) is 0.770. The molecule has 2 aliphatic rings. The minimum absolute atomic E-state index is 0.00552. The van der Waals surface area contributed by atoms with E-state index < -0.39 is 6.29 Å². The second kappa shape index (κ2) is 13.0. The van der Waals surface area contributed by atoms with Gasteiger partial charge in [0.2, 0.25) is 5.95 Å². The lowest BCUT2D eigenvalue weighted by molar-refractivity contribution is -0.253. The molecule has 3 atom stereocenters. The molecule has 3 aromatic rings. The first-order chi connectivity index (χ1) is 19.1. The molecule has 0 aliphatic carbocycles. The molecule has 10 heteroatoms. The predicted octanol–water partition coefficient (Wildman–Crippen LogP) is 3.48. The van der Waals surface area contributed by atoms with Crippen LogP contribution in [0.1, 0.15) is 42.4 Å². The largest absolute Gasteiger partial charge is 0.392 e. The number of hydrogen-bond donors (Lipinski definition) is 3. The third-order valence-corrected chi connectivity index (χ3v) is 7.04. The van der Waals surface area contributed by atoms with Crippen LogP contribution < -0.4 is 15.5 Å². The molecular weight excluding hydrogens is 496 g/mol. The molecule has 0 saturated carbocycles. The third kappa shape index (κ3) is 7.10. The van der Waals surface area contributed by atoms with E-state index in [1.165, 1.54) is 0 Å². The lowest BCUT2D eigenvalue weighted by Gasteiger charge is -2.40. The maximum absolute atomic E-state index is 12.1. The fraction of sp³-hybridized carbons (Fsp3) is 0.414. The Labute approximate surface area is 229 Å². The number of nitrogens with one attached hydrogen (secondary N) is 2. The van der Waals surface area contributed by atoms with Gasteiger partial charge in [-0.1, -0.05) is 36.4 Å². The zero-order valence-corrected chi connectivity index (χ0v) is 22.2. The molecular formula is C29H36N6O4. The van der Waals surface area contributed by atoms with Crippen molar-refractivity contribution in [2.75, 3.05) is 49.5 Å². The Kier molecular flexibility index (Phi) is 9.00. The van der Waals surface area contributed by atoms with E-state index in [0.29, 0.717) is 18.7 Å². The quantitative estimate of drug-likeness (QED) is 0.404. The summed E-state index contributed by atoms with van der Waals surface area (Å²) in [6.07, 6.45) is 3.47. The Morgan fingerprint density at radius 1 is 1.00 bits per heavy atom. The van der Waals surface area contributed by atoms with E-state index in [-0.39, 0.29) is 24.8 Å². The van der Waals surface area contributed by atoms with E-state index in [9.17, 15) is 9.90 Å². The van der Waals surface area contributed by atoms with Crippen molar-refractivity contribution in [3.63, 3.8) is 0 Å².